The summed E-state index contributed by atoms with van der Waals surface area (Å²) < 4.78 is 5.27. The van der Waals surface area contributed by atoms with Gasteiger partial charge in [-0.25, -0.2) is 4.79 Å². The summed E-state index contributed by atoms with van der Waals surface area (Å²) in [6.45, 7) is 5.04. The minimum atomic E-state index is -0.301. The zero-order valence-electron chi connectivity index (χ0n) is 13.5. The van der Waals surface area contributed by atoms with Gasteiger partial charge in [0, 0.05) is 19.2 Å². The Kier molecular flexibility index (Phi) is 7.08. The molecule has 0 radical (unpaired) electrons. The summed E-state index contributed by atoms with van der Waals surface area (Å²) in [4.78, 5) is 14.0. The van der Waals surface area contributed by atoms with E-state index in [-0.39, 0.29) is 5.97 Å². The predicted molar refractivity (Wildman–Crippen MR) is 93.8 cm³/mol. The van der Waals surface area contributed by atoms with E-state index in [0.717, 1.165) is 25.2 Å². The number of nitrogens with zero attached hydrogens (tertiary/aromatic N) is 1. The summed E-state index contributed by atoms with van der Waals surface area (Å²) in [6.07, 6.45) is 3.24. The van der Waals surface area contributed by atoms with E-state index in [1.54, 1.807) is 6.08 Å². The van der Waals surface area contributed by atoms with Crippen LogP contribution in [0.15, 0.2) is 66.7 Å². The first-order chi connectivity index (χ1) is 11.3. The molecule has 3 heteroatoms. The molecule has 0 amide bonds. The molecular weight excluding hydrogens is 286 g/mol. The van der Waals surface area contributed by atoms with Crippen LogP contribution in [0.1, 0.15) is 18.1 Å². The molecule has 0 spiro atoms. The van der Waals surface area contributed by atoms with Crippen molar-refractivity contribution in [3.8, 4) is 0 Å². The SMILES string of the molecule is CCN(CCOC(=O)/C=C/c1ccccc1)Cc1ccccc1. The number of rotatable bonds is 8. The van der Waals surface area contributed by atoms with Crippen LogP contribution in [-0.2, 0) is 16.1 Å². The quantitative estimate of drug-likeness (QED) is 0.549. The second kappa shape index (κ2) is 9.59. The first-order valence-corrected chi connectivity index (χ1v) is 7.94. The Morgan fingerprint density at radius 3 is 2.35 bits per heavy atom. The lowest BCUT2D eigenvalue weighted by atomic mass is 10.2. The Morgan fingerprint density at radius 1 is 1.04 bits per heavy atom. The van der Waals surface area contributed by atoms with Gasteiger partial charge in [-0.1, -0.05) is 67.6 Å². The van der Waals surface area contributed by atoms with Crippen molar-refractivity contribution in [2.24, 2.45) is 0 Å². The monoisotopic (exact) mass is 309 g/mol. The van der Waals surface area contributed by atoms with Crippen LogP contribution in [0.3, 0.4) is 0 Å². The third-order valence-corrected chi connectivity index (χ3v) is 3.56. The van der Waals surface area contributed by atoms with Crippen molar-refractivity contribution >= 4 is 12.0 Å². The summed E-state index contributed by atoms with van der Waals surface area (Å²) in [7, 11) is 0. The highest BCUT2D eigenvalue weighted by Gasteiger charge is 2.05. The van der Waals surface area contributed by atoms with Gasteiger partial charge in [0.1, 0.15) is 6.61 Å². The van der Waals surface area contributed by atoms with E-state index >= 15 is 0 Å². The standard InChI is InChI=1S/C20H23NO2/c1-2-21(17-19-11-7-4-8-12-19)15-16-23-20(22)14-13-18-9-5-3-6-10-18/h3-14H,2,15-17H2,1H3/b14-13+. The number of likely N-dealkylation sites (N-methyl/N-ethyl adjacent to an activating group) is 1. The molecule has 120 valence electrons. The second-order valence-corrected chi connectivity index (χ2v) is 5.27. The Morgan fingerprint density at radius 2 is 1.70 bits per heavy atom. The summed E-state index contributed by atoms with van der Waals surface area (Å²) in [5.41, 5.74) is 2.26. The lowest BCUT2D eigenvalue weighted by Crippen LogP contribution is -2.27. The molecule has 0 unspecified atom stereocenters. The number of hydrogen-bond donors (Lipinski definition) is 0. The van der Waals surface area contributed by atoms with E-state index < -0.39 is 0 Å². The van der Waals surface area contributed by atoms with Crippen molar-refractivity contribution < 1.29 is 9.53 Å². The average Bonchev–Trinajstić information content (AvgIpc) is 2.61. The van der Waals surface area contributed by atoms with Crippen LogP contribution < -0.4 is 0 Å². The Balaban J connectivity index is 1.72. The maximum absolute atomic E-state index is 11.7. The number of carbonyl (C=O) groups excluding carboxylic acids is 1. The summed E-state index contributed by atoms with van der Waals surface area (Å²) in [5.74, 6) is -0.301. The molecule has 3 nitrogen and oxygen atoms in total. The van der Waals surface area contributed by atoms with E-state index in [0.29, 0.717) is 6.61 Å². The molecule has 2 aromatic rings. The third kappa shape index (κ3) is 6.49. The highest BCUT2D eigenvalue weighted by atomic mass is 16.5. The Labute approximate surface area is 138 Å². The lowest BCUT2D eigenvalue weighted by Gasteiger charge is -2.20. The van der Waals surface area contributed by atoms with Crippen molar-refractivity contribution in [1.82, 2.24) is 4.90 Å². The highest BCUT2D eigenvalue weighted by molar-refractivity contribution is 5.87. The van der Waals surface area contributed by atoms with Gasteiger partial charge in [0.05, 0.1) is 0 Å². The number of carbonyl (C=O) groups is 1. The molecule has 23 heavy (non-hydrogen) atoms. The maximum atomic E-state index is 11.7. The molecule has 0 aromatic heterocycles. The number of hydrogen-bond acceptors (Lipinski definition) is 3. The zero-order valence-corrected chi connectivity index (χ0v) is 13.5. The minimum absolute atomic E-state index is 0.301. The highest BCUT2D eigenvalue weighted by Crippen LogP contribution is 2.04. The summed E-state index contributed by atoms with van der Waals surface area (Å²) in [6, 6.07) is 20.0. The van der Waals surface area contributed by atoms with Crippen LogP contribution >= 0.6 is 0 Å². The molecule has 0 aliphatic rings. The normalized spacial score (nSPS) is 11.0. The molecule has 0 aliphatic carbocycles. The molecule has 0 aliphatic heterocycles. The van der Waals surface area contributed by atoms with Gasteiger partial charge in [0.2, 0.25) is 0 Å². The van der Waals surface area contributed by atoms with E-state index in [2.05, 4.69) is 24.0 Å². The Bertz CT molecular complexity index is 608. The zero-order chi connectivity index (χ0) is 16.3. The predicted octanol–water partition coefficient (Wildman–Crippen LogP) is 3.77. The topological polar surface area (TPSA) is 29.5 Å². The lowest BCUT2D eigenvalue weighted by molar-refractivity contribution is -0.138. The maximum Gasteiger partial charge on any atom is 0.330 e. The molecule has 2 aromatic carbocycles. The van der Waals surface area contributed by atoms with Crippen LogP contribution in [-0.4, -0.2) is 30.6 Å². The van der Waals surface area contributed by atoms with Gasteiger partial charge in [-0.3, -0.25) is 4.90 Å². The number of benzene rings is 2. The van der Waals surface area contributed by atoms with Crippen LogP contribution in [0.25, 0.3) is 6.08 Å². The molecule has 2 rings (SSSR count). The van der Waals surface area contributed by atoms with E-state index in [1.807, 2.05) is 48.5 Å². The fraction of sp³-hybridized carbons (Fsp3) is 0.250. The van der Waals surface area contributed by atoms with Crippen molar-refractivity contribution in [3.05, 3.63) is 77.9 Å². The van der Waals surface area contributed by atoms with Crippen LogP contribution in [0.2, 0.25) is 0 Å². The van der Waals surface area contributed by atoms with E-state index in [1.165, 1.54) is 11.6 Å². The first-order valence-electron chi connectivity index (χ1n) is 7.94. The van der Waals surface area contributed by atoms with E-state index in [4.69, 9.17) is 4.74 Å². The minimum Gasteiger partial charge on any atom is -0.461 e. The fourth-order valence-electron chi connectivity index (χ4n) is 2.24. The molecule has 0 bridgehead atoms. The van der Waals surface area contributed by atoms with Gasteiger partial charge < -0.3 is 4.74 Å². The molecule has 0 saturated carbocycles. The fourth-order valence-corrected chi connectivity index (χ4v) is 2.24. The third-order valence-electron chi connectivity index (χ3n) is 3.56. The summed E-state index contributed by atoms with van der Waals surface area (Å²) in [5, 5.41) is 0. The van der Waals surface area contributed by atoms with Gasteiger partial charge >= 0.3 is 5.97 Å². The first kappa shape index (κ1) is 17.0. The molecule has 0 saturated heterocycles. The molecule has 0 fully saturated rings. The molecule has 0 heterocycles. The van der Waals surface area contributed by atoms with Gasteiger partial charge in [0.15, 0.2) is 0 Å². The van der Waals surface area contributed by atoms with Gasteiger partial charge in [-0.05, 0) is 23.7 Å². The van der Waals surface area contributed by atoms with Crippen molar-refractivity contribution in [3.63, 3.8) is 0 Å². The van der Waals surface area contributed by atoms with Gasteiger partial charge in [0.25, 0.3) is 0 Å². The summed E-state index contributed by atoms with van der Waals surface area (Å²) >= 11 is 0. The van der Waals surface area contributed by atoms with Crippen molar-refractivity contribution in [2.45, 2.75) is 13.5 Å². The molecule has 0 atom stereocenters. The Hall–Kier alpha value is -2.39. The van der Waals surface area contributed by atoms with Crippen LogP contribution in [0.5, 0.6) is 0 Å². The smallest absolute Gasteiger partial charge is 0.330 e. The van der Waals surface area contributed by atoms with Gasteiger partial charge in [-0.15, -0.1) is 0 Å². The van der Waals surface area contributed by atoms with Gasteiger partial charge in [-0.2, -0.15) is 0 Å². The molecular formula is C20H23NO2. The van der Waals surface area contributed by atoms with Crippen molar-refractivity contribution in [1.29, 1.82) is 0 Å². The second-order valence-electron chi connectivity index (χ2n) is 5.27. The van der Waals surface area contributed by atoms with Crippen LogP contribution in [0, 0.1) is 0 Å². The number of esters is 1. The molecule has 0 N–H and O–H groups in total. The van der Waals surface area contributed by atoms with E-state index in [9.17, 15) is 4.79 Å². The van der Waals surface area contributed by atoms with Crippen molar-refractivity contribution in [2.75, 3.05) is 19.7 Å². The van der Waals surface area contributed by atoms with Crippen LogP contribution in [0.4, 0.5) is 0 Å². The number of ether oxygens (including phenoxy) is 1. The average molecular weight is 309 g/mol. The largest absolute Gasteiger partial charge is 0.461 e.